The number of thiocarbonyl (C=S) groups is 1. The van der Waals surface area contributed by atoms with Crippen LogP contribution in [0, 0.1) is 5.82 Å². The van der Waals surface area contributed by atoms with Gasteiger partial charge in [0.1, 0.15) is 10.8 Å². The number of rotatable bonds is 4. The Balaban J connectivity index is 2.17. The van der Waals surface area contributed by atoms with Crippen molar-refractivity contribution in [3.63, 3.8) is 0 Å². The number of carbonyl (C=O) groups is 1. The quantitative estimate of drug-likeness (QED) is 0.805. The first-order chi connectivity index (χ1) is 8.99. The molecule has 1 atom stereocenters. The fourth-order valence-corrected chi connectivity index (χ4v) is 2.59. The first-order valence-corrected chi connectivity index (χ1v) is 6.51. The Morgan fingerprint density at radius 2 is 2.21 bits per heavy atom. The summed E-state index contributed by atoms with van der Waals surface area (Å²) < 4.78 is 13.5. The normalized spacial score (nSPS) is 19.5. The molecule has 4 N–H and O–H groups in total. The van der Waals surface area contributed by atoms with E-state index in [9.17, 15) is 9.18 Å². The van der Waals surface area contributed by atoms with E-state index >= 15 is 0 Å². The van der Waals surface area contributed by atoms with Gasteiger partial charge < -0.3 is 11.5 Å². The molecule has 6 heteroatoms. The summed E-state index contributed by atoms with van der Waals surface area (Å²) in [5, 5.41) is 0. The molecule has 0 aromatic heterocycles. The number of primary amides is 1. The van der Waals surface area contributed by atoms with Gasteiger partial charge in [-0.25, -0.2) is 4.39 Å². The predicted molar refractivity (Wildman–Crippen MR) is 74.9 cm³/mol. The number of carbonyl (C=O) groups excluding carboxylic acids is 1. The van der Waals surface area contributed by atoms with Crippen LogP contribution in [0.2, 0.25) is 0 Å². The molecular formula is C13H16FN3OS. The molecule has 1 heterocycles. The maximum atomic E-state index is 13.5. The standard InChI is InChI=1S/C13H16FN3OS/c14-10-4-3-8(6-9(10)13(16)19)7-17-5-1-2-11(17)12(15)18/h3-4,6,11H,1-2,5,7H2,(H2,15,18)(H2,16,19). The van der Waals surface area contributed by atoms with Crippen LogP contribution >= 0.6 is 12.2 Å². The molecule has 1 amide bonds. The summed E-state index contributed by atoms with van der Waals surface area (Å²) in [5.74, 6) is -0.738. The first-order valence-electron chi connectivity index (χ1n) is 6.10. The summed E-state index contributed by atoms with van der Waals surface area (Å²) in [4.78, 5) is 13.3. The van der Waals surface area contributed by atoms with E-state index in [1.807, 2.05) is 4.90 Å². The van der Waals surface area contributed by atoms with Crippen molar-refractivity contribution in [2.24, 2.45) is 11.5 Å². The van der Waals surface area contributed by atoms with Crippen LogP contribution < -0.4 is 11.5 Å². The summed E-state index contributed by atoms with van der Waals surface area (Å²) in [5.41, 5.74) is 11.9. The minimum atomic E-state index is -0.427. The summed E-state index contributed by atoms with van der Waals surface area (Å²) in [6.07, 6.45) is 1.72. The second-order valence-corrected chi connectivity index (χ2v) is 5.15. The van der Waals surface area contributed by atoms with Crippen LogP contribution in [0.3, 0.4) is 0 Å². The number of halogens is 1. The molecule has 1 unspecified atom stereocenters. The largest absolute Gasteiger partial charge is 0.389 e. The number of nitrogens with zero attached hydrogens (tertiary/aromatic N) is 1. The zero-order valence-electron chi connectivity index (χ0n) is 10.4. The second kappa shape index (κ2) is 5.63. The minimum Gasteiger partial charge on any atom is -0.389 e. The average molecular weight is 281 g/mol. The predicted octanol–water partition coefficient (Wildman–Crippen LogP) is 0.910. The SMILES string of the molecule is NC(=O)C1CCCN1Cc1ccc(F)c(C(N)=S)c1. The minimum absolute atomic E-state index is 0.0345. The van der Waals surface area contributed by atoms with E-state index in [0.29, 0.717) is 6.54 Å². The number of likely N-dealkylation sites (tertiary alicyclic amines) is 1. The highest BCUT2D eigenvalue weighted by atomic mass is 32.1. The van der Waals surface area contributed by atoms with Crippen molar-refractivity contribution < 1.29 is 9.18 Å². The molecule has 1 aliphatic heterocycles. The molecular weight excluding hydrogens is 265 g/mol. The third-order valence-corrected chi connectivity index (χ3v) is 3.59. The lowest BCUT2D eigenvalue weighted by Crippen LogP contribution is -2.39. The Kier molecular flexibility index (Phi) is 4.11. The summed E-state index contributed by atoms with van der Waals surface area (Å²) in [6.45, 7) is 1.36. The van der Waals surface area contributed by atoms with Gasteiger partial charge >= 0.3 is 0 Å². The molecule has 0 aliphatic carbocycles. The fourth-order valence-electron chi connectivity index (χ4n) is 2.43. The summed E-state index contributed by atoms with van der Waals surface area (Å²) in [7, 11) is 0. The topological polar surface area (TPSA) is 72.4 Å². The number of hydrogen-bond donors (Lipinski definition) is 2. The molecule has 0 bridgehead atoms. The lowest BCUT2D eigenvalue weighted by molar-refractivity contribution is -0.122. The molecule has 0 saturated carbocycles. The highest BCUT2D eigenvalue weighted by molar-refractivity contribution is 7.80. The third kappa shape index (κ3) is 3.08. The van der Waals surface area contributed by atoms with Gasteiger partial charge in [-0.05, 0) is 37.1 Å². The van der Waals surface area contributed by atoms with E-state index in [2.05, 4.69) is 0 Å². The molecule has 1 fully saturated rings. The molecule has 0 radical (unpaired) electrons. The Bertz CT molecular complexity index is 521. The van der Waals surface area contributed by atoms with E-state index in [4.69, 9.17) is 23.7 Å². The van der Waals surface area contributed by atoms with Crippen molar-refractivity contribution in [1.29, 1.82) is 0 Å². The lowest BCUT2D eigenvalue weighted by atomic mass is 10.1. The Hall–Kier alpha value is -1.53. The highest BCUT2D eigenvalue weighted by Gasteiger charge is 2.28. The van der Waals surface area contributed by atoms with Gasteiger partial charge in [-0.15, -0.1) is 0 Å². The molecule has 1 aromatic carbocycles. The number of hydrogen-bond acceptors (Lipinski definition) is 3. The van der Waals surface area contributed by atoms with Crippen LogP contribution in [0.5, 0.6) is 0 Å². The molecule has 2 rings (SSSR count). The van der Waals surface area contributed by atoms with Crippen LogP contribution in [0.4, 0.5) is 4.39 Å². The monoisotopic (exact) mass is 281 g/mol. The van der Waals surface area contributed by atoms with Crippen LogP contribution in [0.15, 0.2) is 18.2 Å². The second-order valence-electron chi connectivity index (χ2n) is 4.71. The van der Waals surface area contributed by atoms with Gasteiger partial charge in [0.2, 0.25) is 5.91 Å². The summed E-state index contributed by atoms with van der Waals surface area (Å²) >= 11 is 4.81. The zero-order valence-corrected chi connectivity index (χ0v) is 11.3. The van der Waals surface area contributed by atoms with E-state index in [1.165, 1.54) is 6.07 Å². The van der Waals surface area contributed by atoms with Crippen molar-refractivity contribution in [2.45, 2.75) is 25.4 Å². The van der Waals surface area contributed by atoms with Gasteiger partial charge in [0.25, 0.3) is 0 Å². The summed E-state index contributed by atoms with van der Waals surface area (Å²) in [6, 6.07) is 4.42. The molecule has 19 heavy (non-hydrogen) atoms. The smallest absolute Gasteiger partial charge is 0.234 e. The van der Waals surface area contributed by atoms with E-state index in [0.717, 1.165) is 24.9 Å². The van der Waals surface area contributed by atoms with Crippen molar-refractivity contribution in [3.8, 4) is 0 Å². The molecule has 1 saturated heterocycles. The van der Waals surface area contributed by atoms with Gasteiger partial charge in [-0.2, -0.15) is 0 Å². The third-order valence-electron chi connectivity index (χ3n) is 3.37. The lowest BCUT2D eigenvalue weighted by Gasteiger charge is -2.22. The van der Waals surface area contributed by atoms with Crippen LogP contribution in [0.1, 0.15) is 24.0 Å². The van der Waals surface area contributed by atoms with Gasteiger partial charge in [0.15, 0.2) is 0 Å². The van der Waals surface area contributed by atoms with E-state index < -0.39 is 5.82 Å². The Morgan fingerprint density at radius 3 is 2.84 bits per heavy atom. The van der Waals surface area contributed by atoms with Crippen LogP contribution in [-0.2, 0) is 11.3 Å². The van der Waals surface area contributed by atoms with Crippen molar-refractivity contribution in [1.82, 2.24) is 4.90 Å². The van der Waals surface area contributed by atoms with Crippen molar-refractivity contribution >= 4 is 23.1 Å². The van der Waals surface area contributed by atoms with Crippen molar-refractivity contribution in [2.75, 3.05) is 6.54 Å². The average Bonchev–Trinajstić information content (AvgIpc) is 2.79. The zero-order chi connectivity index (χ0) is 14.0. The maximum Gasteiger partial charge on any atom is 0.234 e. The molecule has 1 aliphatic rings. The molecule has 1 aromatic rings. The molecule has 0 spiro atoms. The van der Waals surface area contributed by atoms with Crippen molar-refractivity contribution in [3.05, 3.63) is 35.1 Å². The molecule has 4 nitrogen and oxygen atoms in total. The van der Waals surface area contributed by atoms with E-state index in [1.54, 1.807) is 12.1 Å². The van der Waals surface area contributed by atoms with Gasteiger partial charge in [-0.3, -0.25) is 9.69 Å². The maximum absolute atomic E-state index is 13.5. The first kappa shape index (κ1) is 13.9. The fraction of sp³-hybridized carbons (Fsp3) is 0.385. The van der Waals surface area contributed by atoms with Gasteiger partial charge in [0, 0.05) is 12.1 Å². The van der Waals surface area contributed by atoms with E-state index in [-0.39, 0.29) is 22.5 Å². The number of amides is 1. The Labute approximate surface area is 116 Å². The van der Waals surface area contributed by atoms with Gasteiger partial charge in [-0.1, -0.05) is 18.3 Å². The van der Waals surface area contributed by atoms with Gasteiger partial charge in [0.05, 0.1) is 6.04 Å². The highest BCUT2D eigenvalue weighted by Crippen LogP contribution is 2.21. The van der Waals surface area contributed by atoms with Crippen LogP contribution in [-0.4, -0.2) is 28.4 Å². The molecule has 102 valence electrons. The number of nitrogens with two attached hydrogens (primary N) is 2. The van der Waals surface area contributed by atoms with Crippen LogP contribution in [0.25, 0.3) is 0 Å². The number of benzene rings is 1. The Morgan fingerprint density at radius 1 is 1.47 bits per heavy atom.